The standard InChI is InChI=1S/C11H13BrFNO3/c1-2-17-11(16)9(14)10(15)7-5-6(12)3-4-8(7)13/h3-5,9-10,15H,2,14H2,1H3. The van der Waals surface area contributed by atoms with Crippen molar-refractivity contribution in [2.45, 2.75) is 19.1 Å². The summed E-state index contributed by atoms with van der Waals surface area (Å²) < 4.78 is 18.7. The van der Waals surface area contributed by atoms with E-state index in [1.807, 2.05) is 0 Å². The van der Waals surface area contributed by atoms with Crippen LogP contribution < -0.4 is 5.73 Å². The van der Waals surface area contributed by atoms with Crippen LogP contribution in [0.3, 0.4) is 0 Å². The Hall–Kier alpha value is -0.980. The Morgan fingerprint density at radius 2 is 2.29 bits per heavy atom. The molecule has 2 atom stereocenters. The maximum Gasteiger partial charge on any atom is 0.325 e. The number of benzene rings is 1. The zero-order valence-corrected chi connectivity index (χ0v) is 10.8. The van der Waals surface area contributed by atoms with Crippen LogP contribution in [-0.2, 0) is 9.53 Å². The Balaban J connectivity index is 2.91. The van der Waals surface area contributed by atoms with Gasteiger partial charge in [0.1, 0.15) is 18.0 Å². The van der Waals surface area contributed by atoms with E-state index in [0.29, 0.717) is 4.47 Å². The van der Waals surface area contributed by atoms with Gasteiger partial charge in [-0.05, 0) is 25.1 Å². The molecule has 0 radical (unpaired) electrons. The van der Waals surface area contributed by atoms with Crippen molar-refractivity contribution in [2.75, 3.05) is 6.61 Å². The summed E-state index contributed by atoms with van der Waals surface area (Å²) in [5.41, 5.74) is 5.45. The molecule has 0 aliphatic heterocycles. The van der Waals surface area contributed by atoms with Gasteiger partial charge in [0.15, 0.2) is 0 Å². The van der Waals surface area contributed by atoms with E-state index in [0.717, 1.165) is 0 Å². The summed E-state index contributed by atoms with van der Waals surface area (Å²) in [6.07, 6.45) is -1.44. The Kier molecular flexibility index (Phi) is 5.04. The molecule has 0 aliphatic carbocycles. The van der Waals surface area contributed by atoms with Gasteiger partial charge in [-0.3, -0.25) is 4.79 Å². The normalized spacial score (nSPS) is 14.2. The van der Waals surface area contributed by atoms with Crippen LogP contribution in [-0.4, -0.2) is 23.7 Å². The maximum atomic E-state index is 13.4. The molecule has 0 fully saturated rings. The van der Waals surface area contributed by atoms with Crippen LogP contribution >= 0.6 is 15.9 Å². The lowest BCUT2D eigenvalue weighted by Gasteiger charge is -2.18. The molecule has 94 valence electrons. The second-order valence-corrected chi connectivity index (χ2v) is 4.30. The lowest BCUT2D eigenvalue weighted by atomic mass is 10.0. The molecule has 0 bridgehead atoms. The zero-order chi connectivity index (χ0) is 13.0. The molecular weight excluding hydrogens is 293 g/mol. The van der Waals surface area contributed by atoms with E-state index < -0.39 is 23.9 Å². The minimum Gasteiger partial charge on any atom is -0.465 e. The van der Waals surface area contributed by atoms with Crippen LogP contribution in [0.5, 0.6) is 0 Å². The predicted molar refractivity (Wildman–Crippen MR) is 63.7 cm³/mol. The van der Waals surface area contributed by atoms with Gasteiger partial charge in [-0.15, -0.1) is 0 Å². The van der Waals surface area contributed by atoms with Gasteiger partial charge in [0.25, 0.3) is 0 Å². The molecule has 17 heavy (non-hydrogen) atoms. The van der Waals surface area contributed by atoms with E-state index in [-0.39, 0.29) is 12.2 Å². The van der Waals surface area contributed by atoms with E-state index in [4.69, 9.17) is 5.73 Å². The van der Waals surface area contributed by atoms with Crippen LogP contribution in [0.1, 0.15) is 18.6 Å². The van der Waals surface area contributed by atoms with Crippen molar-refractivity contribution in [3.05, 3.63) is 34.1 Å². The summed E-state index contributed by atoms with van der Waals surface area (Å²) in [6.45, 7) is 1.77. The number of ether oxygens (including phenoxy) is 1. The number of aliphatic hydroxyl groups excluding tert-OH is 1. The van der Waals surface area contributed by atoms with Crippen LogP contribution in [0, 0.1) is 5.82 Å². The fraction of sp³-hybridized carbons (Fsp3) is 0.364. The average molecular weight is 306 g/mol. The third-order valence-electron chi connectivity index (χ3n) is 2.18. The van der Waals surface area contributed by atoms with Crippen LogP contribution in [0.4, 0.5) is 4.39 Å². The van der Waals surface area contributed by atoms with Gasteiger partial charge in [-0.2, -0.15) is 0 Å². The zero-order valence-electron chi connectivity index (χ0n) is 9.19. The smallest absolute Gasteiger partial charge is 0.325 e. The van der Waals surface area contributed by atoms with E-state index in [2.05, 4.69) is 20.7 Å². The van der Waals surface area contributed by atoms with Gasteiger partial charge in [0, 0.05) is 10.0 Å². The number of aliphatic hydroxyl groups is 1. The minimum atomic E-state index is -1.44. The number of nitrogens with two attached hydrogens (primary N) is 1. The molecule has 2 unspecified atom stereocenters. The number of carbonyl (C=O) groups excluding carboxylic acids is 1. The quantitative estimate of drug-likeness (QED) is 0.827. The molecule has 1 rings (SSSR count). The topological polar surface area (TPSA) is 72.5 Å². The summed E-state index contributed by atoms with van der Waals surface area (Å²) >= 11 is 3.15. The highest BCUT2D eigenvalue weighted by molar-refractivity contribution is 9.10. The van der Waals surface area contributed by atoms with Crippen molar-refractivity contribution >= 4 is 21.9 Å². The third kappa shape index (κ3) is 3.49. The van der Waals surface area contributed by atoms with E-state index in [1.54, 1.807) is 6.92 Å². The molecule has 1 aromatic rings. The second kappa shape index (κ2) is 6.09. The molecule has 0 aromatic heterocycles. The highest BCUT2D eigenvalue weighted by Gasteiger charge is 2.27. The molecule has 0 heterocycles. The van der Waals surface area contributed by atoms with E-state index in [9.17, 15) is 14.3 Å². The van der Waals surface area contributed by atoms with E-state index >= 15 is 0 Å². The molecular formula is C11H13BrFNO3. The lowest BCUT2D eigenvalue weighted by Crippen LogP contribution is -2.38. The highest BCUT2D eigenvalue weighted by Crippen LogP contribution is 2.23. The van der Waals surface area contributed by atoms with Crippen molar-refractivity contribution in [3.63, 3.8) is 0 Å². The number of rotatable bonds is 4. The monoisotopic (exact) mass is 305 g/mol. The minimum absolute atomic E-state index is 0.0417. The van der Waals surface area contributed by atoms with Gasteiger partial charge in [0.05, 0.1) is 6.61 Å². The second-order valence-electron chi connectivity index (χ2n) is 3.39. The number of carbonyl (C=O) groups is 1. The largest absolute Gasteiger partial charge is 0.465 e. The lowest BCUT2D eigenvalue weighted by molar-refractivity contribution is -0.147. The van der Waals surface area contributed by atoms with Crippen molar-refractivity contribution < 1.29 is 19.0 Å². The predicted octanol–water partition coefficient (Wildman–Crippen LogP) is 1.51. The van der Waals surface area contributed by atoms with Crippen LogP contribution in [0.2, 0.25) is 0 Å². The van der Waals surface area contributed by atoms with Gasteiger partial charge in [-0.1, -0.05) is 15.9 Å². The first-order valence-corrected chi connectivity index (χ1v) is 5.82. The Morgan fingerprint density at radius 3 is 2.88 bits per heavy atom. The number of esters is 1. The highest BCUT2D eigenvalue weighted by atomic mass is 79.9. The molecule has 0 aliphatic rings. The molecule has 3 N–H and O–H groups in total. The van der Waals surface area contributed by atoms with Crippen LogP contribution in [0.15, 0.2) is 22.7 Å². The summed E-state index contributed by atoms with van der Waals surface area (Å²) in [5, 5.41) is 9.80. The fourth-order valence-electron chi connectivity index (χ4n) is 1.30. The average Bonchev–Trinajstić information content (AvgIpc) is 2.30. The summed E-state index contributed by atoms with van der Waals surface area (Å²) in [6, 6.07) is 2.74. The van der Waals surface area contributed by atoms with Crippen molar-refractivity contribution in [1.82, 2.24) is 0 Å². The summed E-state index contributed by atoms with van der Waals surface area (Å²) in [5.74, 6) is -1.39. The SMILES string of the molecule is CCOC(=O)C(N)C(O)c1cc(Br)ccc1F. The first kappa shape index (κ1) is 14.1. The Morgan fingerprint density at radius 1 is 1.65 bits per heavy atom. The van der Waals surface area contributed by atoms with Gasteiger partial charge in [-0.25, -0.2) is 4.39 Å². The van der Waals surface area contributed by atoms with Gasteiger partial charge >= 0.3 is 5.97 Å². The molecule has 4 nitrogen and oxygen atoms in total. The molecule has 0 spiro atoms. The van der Waals surface area contributed by atoms with E-state index in [1.165, 1.54) is 18.2 Å². The maximum absolute atomic E-state index is 13.4. The van der Waals surface area contributed by atoms with Crippen molar-refractivity contribution in [2.24, 2.45) is 5.73 Å². The molecule has 6 heteroatoms. The first-order chi connectivity index (χ1) is 7.97. The van der Waals surface area contributed by atoms with Crippen molar-refractivity contribution in [3.8, 4) is 0 Å². The van der Waals surface area contributed by atoms with Gasteiger partial charge in [0.2, 0.25) is 0 Å². The van der Waals surface area contributed by atoms with Crippen LogP contribution in [0.25, 0.3) is 0 Å². The molecule has 0 amide bonds. The Bertz CT molecular complexity index is 414. The Labute approximate surface area is 107 Å². The number of hydrogen-bond donors (Lipinski definition) is 2. The number of halogens is 2. The fourth-order valence-corrected chi connectivity index (χ4v) is 1.68. The summed E-state index contributed by atoms with van der Waals surface area (Å²) in [7, 11) is 0. The van der Waals surface area contributed by atoms with Gasteiger partial charge < -0.3 is 15.6 Å². The summed E-state index contributed by atoms with van der Waals surface area (Å²) in [4.78, 5) is 11.3. The molecule has 0 saturated carbocycles. The number of hydrogen-bond acceptors (Lipinski definition) is 4. The third-order valence-corrected chi connectivity index (χ3v) is 2.67. The molecule has 1 aromatic carbocycles. The van der Waals surface area contributed by atoms with Crippen molar-refractivity contribution in [1.29, 1.82) is 0 Å². The first-order valence-electron chi connectivity index (χ1n) is 5.02. The molecule has 0 saturated heterocycles.